The third-order valence-electron chi connectivity index (χ3n) is 8.25. The molecule has 0 radical (unpaired) electrons. The van der Waals surface area contributed by atoms with Crippen LogP contribution >= 0.6 is 0 Å². The van der Waals surface area contributed by atoms with Crippen LogP contribution in [0, 0.1) is 28.6 Å². The maximum Gasteiger partial charge on any atom is 0.178 e. The number of aliphatic hydroxyl groups excluding tert-OH is 2. The van der Waals surface area contributed by atoms with Gasteiger partial charge in [0.2, 0.25) is 0 Å². The molecule has 4 heteroatoms. The monoisotopic (exact) mass is 332 g/mol. The van der Waals surface area contributed by atoms with E-state index in [2.05, 4.69) is 13.8 Å². The summed E-state index contributed by atoms with van der Waals surface area (Å²) in [6.07, 6.45) is 6.93. The molecule has 24 heavy (non-hydrogen) atoms. The molecule has 4 nitrogen and oxygen atoms in total. The fraction of sp³-hybridized carbons (Fsp3) is 0.750. The van der Waals surface area contributed by atoms with Crippen LogP contribution in [0.15, 0.2) is 23.8 Å². The van der Waals surface area contributed by atoms with Crippen molar-refractivity contribution in [2.24, 2.45) is 28.6 Å². The molecular formula is C20H28O4. The molecule has 0 spiro atoms. The van der Waals surface area contributed by atoms with Crippen LogP contribution in [-0.2, 0) is 4.79 Å². The van der Waals surface area contributed by atoms with E-state index in [0.29, 0.717) is 18.8 Å². The number of rotatable bonds is 0. The zero-order valence-electron chi connectivity index (χ0n) is 14.7. The van der Waals surface area contributed by atoms with E-state index in [4.69, 9.17) is 0 Å². The Labute approximate surface area is 143 Å². The van der Waals surface area contributed by atoms with Gasteiger partial charge in [-0.1, -0.05) is 19.9 Å². The van der Waals surface area contributed by atoms with Gasteiger partial charge < -0.3 is 15.3 Å². The fourth-order valence-corrected chi connectivity index (χ4v) is 6.48. The topological polar surface area (TPSA) is 77.8 Å². The molecular weight excluding hydrogens is 304 g/mol. The maximum absolute atomic E-state index is 11.8. The number of carbonyl (C=O) groups excluding carboxylic acids is 1. The first kappa shape index (κ1) is 16.5. The molecule has 0 aliphatic heterocycles. The molecule has 3 saturated carbocycles. The summed E-state index contributed by atoms with van der Waals surface area (Å²) >= 11 is 0. The van der Waals surface area contributed by atoms with Crippen LogP contribution in [-0.4, -0.2) is 38.9 Å². The smallest absolute Gasteiger partial charge is 0.178 e. The van der Waals surface area contributed by atoms with Crippen molar-refractivity contribution in [3.8, 4) is 0 Å². The second kappa shape index (κ2) is 4.80. The molecule has 4 aliphatic carbocycles. The Balaban J connectivity index is 1.76. The summed E-state index contributed by atoms with van der Waals surface area (Å²) in [6.45, 7) is 6.00. The Hall–Kier alpha value is -0.970. The molecule has 8 atom stereocenters. The van der Waals surface area contributed by atoms with Crippen LogP contribution in [0.4, 0.5) is 0 Å². The van der Waals surface area contributed by atoms with Crippen molar-refractivity contribution in [3.05, 3.63) is 23.8 Å². The van der Waals surface area contributed by atoms with Crippen LogP contribution in [0.1, 0.15) is 46.5 Å². The Kier molecular flexibility index (Phi) is 3.30. The molecule has 3 fully saturated rings. The average molecular weight is 332 g/mol. The second-order valence-corrected chi connectivity index (χ2v) is 9.10. The predicted octanol–water partition coefficient (Wildman–Crippen LogP) is 1.99. The molecule has 0 bridgehead atoms. The summed E-state index contributed by atoms with van der Waals surface area (Å²) in [4.78, 5) is 11.8. The van der Waals surface area contributed by atoms with Gasteiger partial charge in [0.05, 0.1) is 17.8 Å². The molecule has 0 amide bonds. The van der Waals surface area contributed by atoms with Gasteiger partial charge in [0.25, 0.3) is 0 Å². The summed E-state index contributed by atoms with van der Waals surface area (Å²) in [7, 11) is 0. The predicted molar refractivity (Wildman–Crippen MR) is 90.0 cm³/mol. The van der Waals surface area contributed by atoms with Crippen LogP contribution in [0.5, 0.6) is 0 Å². The van der Waals surface area contributed by atoms with Gasteiger partial charge in [0, 0.05) is 10.8 Å². The third kappa shape index (κ3) is 1.82. The lowest BCUT2D eigenvalue weighted by atomic mass is 9.47. The quantitative estimate of drug-likeness (QED) is 0.634. The van der Waals surface area contributed by atoms with Crippen molar-refractivity contribution in [1.29, 1.82) is 0 Å². The summed E-state index contributed by atoms with van der Waals surface area (Å²) in [5, 5.41) is 32.1. The minimum Gasteiger partial charge on any atom is -0.390 e. The first-order valence-electron chi connectivity index (χ1n) is 9.15. The molecule has 0 aromatic carbocycles. The molecule has 4 rings (SSSR count). The van der Waals surface area contributed by atoms with E-state index in [1.54, 1.807) is 19.1 Å². The summed E-state index contributed by atoms with van der Waals surface area (Å²) in [6, 6.07) is 0. The Bertz CT molecular complexity index is 648. The minimum absolute atomic E-state index is 0.0418. The number of ketones is 1. The number of carbonyl (C=O) groups is 1. The zero-order valence-corrected chi connectivity index (χ0v) is 14.7. The standard InChI is InChI=1S/C20H28O4/c1-18-6-4-11(21)8-15(18)16(22)9-12-13(18)5-7-19(2)14(12)10-17(23)20(19,3)24/h4,6,8,12-14,16-17,22-24H,5,7,9-10H2,1-3H3/t12-,13+,14+,16-,17?,18-,19+,20?/m1/s1. The zero-order chi connectivity index (χ0) is 17.5. The van der Waals surface area contributed by atoms with E-state index < -0.39 is 17.8 Å². The maximum atomic E-state index is 11.8. The number of hydrogen-bond donors (Lipinski definition) is 3. The van der Waals surface area contributed by atoms with Crippen molar-refractivity contribution >= 4 is 5.78 Å². The highest BCUT2D eigenvalue weighted by molar-refractivity contribution is 6.01. The van der Waals surface area contributed by atoms with E-state index in [0.717, 1.165) is 18.4 Å². The van der Waals surface area contributed by atoms with E-state index in [1.165, 1.54) is 0 Å². The van der Waals surface area contributed by atoms with Crippen molar-refractivity contribution in [3.63, 3.8) is 0 Å². The summed E-state index contributed by atoms with van der Waals surface area (Å²) < 4.78 is 0. The molecule has 3 N–H and O–H groups in total. The van der Waals surface area contributed by atoms with Gasteiger partial charge in [-0.15, -0.1) is 0 Å². The number of hydrogen-bond acceptors (Lipinski definition) is 4. The van der Waals surface area contributed by atoms with Crippen LogP contribution in [0.2, 0.25) is 0 Å². The van der Waals surface area contributed by atoms with Gasteiger partial charge >= 0.3 is 0 Å². The van der Waals surface area contributed by atoms with Crippen molar-refractivity contribution in [1.82, 2.24) is 0 Å². The highest BCUT2D eigenvalue weighted by atomic mass is 16.3. The minimum atomic E-state index is -1.08. The average Bonchev–Trinajstić information content (AvgIpc) is 2.69. The van der Waals surface area contributed by atoms with Crippen LogP contribution in [0.3, 0.4) is 0 Å². The van der Waals surface area contributed by atoms with Gasteiger partial charge in [-0.3, -0.25) is 4.79 Å². The summed E-state index contributed by atoms with van der Waals surface area (Å²) in [5.74, 6) is 0.748. The highest BCUT2D eigenvalue weighted by Crippen LogP contribution is 2.66. The van der Waals surface area contributed by atoms with Gasteiger partial charge in [-0.05, 0) is 68.1 Å². The Morgan fingerprint density at radius 1 is 1.12 bits per heavy atom. The van der Waals surface area contributed by atoms with Crippen molar-refractivity contribution in [2.45, 2.75) is 64.3 Å². The van der Waals surface area contributed by atoms with E-state index in [1.807, 2.05) is 6.08 Å². The van der Waals surface area contributed by atoms with Crippen LogP contribution < -0.4 is 0 Å². The normalized spacial score (nSPS) is 56.3. The van der Waals surface area contributed by atoms with E-state index in [-0.39, 0.29) is 28.4 Å². The highest BCUT2D eigenvalue weighted by Gasteiger charge is 2.66. The van der Waals surface area contributed by atoms with Gasteiger partial charge in [-0.25, -0.2) is 0 Å². The first-order valence-corrected chi connectivity index (χ1v) is 9.15. The molecule has 4 aliphatic rings. The largest absolute Gasteiger partial charge is 0.390 e. The molecule has 132 valence electrons. The number of aliphatic hydroxyl groups is 3. The second-order valence-electron chi connectivity index (χ2n) is 9.10. The van der Waals surface area contributed by atoms with Crippen molar-refractivity contribution in [2.75, 3.05) is 0 Å². The molecule has 0 aromatic heterocycles. The molecule has 0 aromatic rings. The Morgan fingerprint density at radius 3 is 2.54 bits per heavy atom. The van der Waals surface area contributed by atoms with E-state index in [9.17, 15) is 20.1 Å². The fourth-order valence-electron chi connectivity index (χ4n) is 6.48. The first-order chi connectivity index (χ1) is 11.1. The van der Waals surface area contributed by atoms with Crippen molar-refractivity contribution < 1.29 is 20.1 Å². The third-order valence-corrected chi connectivity index (χ3v) is 8.25. The summed E-state index contributed by atoms with van der Waals surface area (Å²) in [5.41, 5.74) is -0.843. The number of fused-ring (bicyclic) bond motifs is 5. The lowest BCUT2D eigenvalue weighted by Gasteiger charge is -2.58. The molecule has 0 saturated heterocycles. The lowest BCUT2D eigenvalue weighted by molar-refractivity contribution is -0.144. The Morgan fingerprint density at radius 2 is 1.83 bits per heavy atom. The SMILES string of the molecule is CC1(O)C(O)C[C@H]2[C@@H]3C[C@@H](O)C4=CC(=O)C=C[C@]4(C)[C@H]3CC[C@@]21C. The van der Waals surface area contributed by atoms with Crippen LogP contribution in [0.25, 0.3) is 0 Å². The van der Waals surface area contributed by atoms with Gasteiger partial charge in [0.1, 0.15) is 0 Å². The molecule has 2 unspecified atom stereocenters. The lowest BCUT2D eigenvalue weighted by Crippen LogP contribution is -2.56. The number of allylic oxidation sites excluding steroid dienone is 3. The van der Waals surface area contributed by atoms with E-state index >= 15 is 0 Å². The van der Waals surface area contributed by atoms with Gasteiger partial charge in [-0.2, -0.15) is 0 Å². The van der Waals surface area contributed by atoms with Gasteiger partial charge in [0.15, 0.2) is 5.78 Å². The molecule has 0 heterocycles.